The van der Waals surface area contributed by atoms with Gasteiger partial charge in [-0.15, -0.1) is 11.3 Å². The van der Waals surface area contributed by atoms with Gasteiger partial charge in [0.05, 0.1) is 5.39 Å². The molecule has 0 atom stereocenters. The molecule has 25 heavy (non-hydrogen) atoms. The van der Waals surface area contributed by atoms with Gasteiger partial charge in [0.15, 0.2) is 0 Å². The van der Waals surface area contributed by atoms with Gasteiger partial charge in [0.2, 0.25) is 5.28 Å². The molecule has 0 fully saturated rings. The lowest BCUT2D eigenvalue weighted by molar-refractivity contribution is 1.23. The van der Waals surface area contributed by atoms with Gasteiger partial charge in [0.1, 0.15) is 10.6 Å². The highest BCUT2D eigenvalue weighted by Crippen LogP contribution is 2.38. The molecule has 0 radical (unpaired) electrons. The summed E-state index contributed by atoms with van der Waals surface area (Å²) < 4.78 is 0. The normalized spacial score (nSPS) is 11.0. The second-order valence-corrected chi connectivity index (χ2v) is 7.16. The number of aryl methyl sites for hydroxylation is 2. The summed E-state index contributed by atoms with van der Waals surface area (Å²) >= 11 is 7.72. The van der Waals surface area contributed by atoms with Gasteiger partial charge in [-0.1, -0.05) is 36.4 Å². The second-order valence-electron chi connectivity index (χ2n) is 5.96. The van der Waals surface area contributed by atoms with Crippen LogP contribution in [-0.4, -0.2) is 9.97 Å². The predicted octanol–water partition coefficient (Wildman–Crippen LogP) is 6.37. The lowest BCUT2D eigenvalue weighted by atomic mass is 10.1. The van der Waals surface area contributed by atoms with Crippen LogP contribution in [0.3, 0.4) is 0 Å². The van der Waals surface area contributed by atoms with E-state index in [1.54, 1.807) is 11.3 Å². The van der Waals surface area contributed by atoms with E-state index in [9.17, 15) is 0 Å². The van der Waals surface area contributed by atoms with Gasteiger partial charge < -0.3 is 5.32 Å². The monoisotopic (exact) mass is 365 g/mol. The number of benzene rings is 2. The first-order valence-corrected chi connectivity index (χ1v) is 9.22. The van der Waals surface area contributed by atoms with E-state index >= 15 is 0 Å². The molecule has 0 bridgehead atoms. The number of thiophene rings is 1. The lowest BCUT2D eigenvalue weighted by Gasteiger charge is -2.11. The van der Waals surface area contributed by atoms with E-state index in [1.165, 1.54) is 11.1 Å². The van der Waals surface area contributed by atoms with E-state index in [2.05, 4.69) is 64.8 Å². The van der Waals surface area contributed by atoms with Crippen LogP contribution in [0.15, 0.2) is 53.9 Å². The van der Waals surface area contributed by atoms with Crippen LogP contribution in [0.25, 0.3) is 21.3 Å². The van der Waals surface area contributed by atoms with Crippen molar-refractivity contribution in [2.75, 3.05) is 5.32 Å². The van der Waals surface area contributed by atoms with E-state index in [0.717, 1.165) is 32.8 Å². The van der Waals surface area contributed by atoms with Gasteiger partial charge in [-0.2, -0.15) is 4.98 Å². The second kappa shape index (κ2) is 6.47. The first-order valence-electron chi connectivity index (χ1n) is 7.96. The highest BCUT2D eigenvalue weighted by atomic mass is 35.5. The number of nitrogens with one attached hydrogen (secondary N) is 1. The summed E-state index contributed by atoms with van der Waals surface area (Å²) in [5.41, 5.74) is 5.74. The minimum Gasteiger partial charge on any atom is -0.340 e. The van der Waals surface area contributed by atoms with Crippen LogP contribution in [0, 0.1) is 13.8 Å². The van der Waals surface area contributed by atoms with Gasteiger partial charge in [-0.05, 0) is 54.3 Å². The molecule has 0 aliphatic rings. The molecule has 0 aliphatic heterocycles. The van der Waals surface area contributed by atoms with E-state index in [4.69, 9.17) is 11.6 Å². The van der Waals surface area contributed by atoms with E-state index in [1.807, 2.05) is 18.2 Å². The number of anilines is 2. The van der Waals surface area contributed by atoms with E-state index in [-0.39, 0.29) is 5.28 Å². The van der Waals surface area contributed by atoms with Crippen LogP contribution < -0.4 is 5.32 Å². The largest absolute Gasteiger partial charge is 0.340 e. The van der Waals surface area contributed by atoms with Crippen LogP contribution in [0.4, 0.5) is 11.5 Å². The SMILES string of the molecule is Cc1ccc(Nc2nc(Cl)nc3scc(-c4ccccc4)c23)cc1C. The Balaban J connectivity index is 1.87. The summed E-state index contributed by atoms with van der Waals surface area (Å²) in [6, 6.07) is 16.5. The summed E-state index contributed by atoms with van der Waals surface area (Å²) in [5.74, 6) is 0.735. The molecule has 124 valence electrons. The summed E-state index contributed by atoms with van der Waals surface area (Å²) in [7, 11) is 0. The molecule has 0 saturated heterocycles. The number of fused-ring (bicyclic) bond motifs is 1. The van der Waals surface area contributed by atoms with Crippen LogP contribution in [0.2, 0.25) is 5.28 Å². The van der Waals surface area contributed by atoms with Crippen LogP contribution in [0.5, 0.6) is 0 Å². The summed E-state index contributed by atoms with van der Waals surface area (Å²) in [6.07, 6.45) is 0. The number of hydrogen-bond acceptors (Lipinski definition) is 4. The molecule has 0 aliphatic carbocycles. The maximum atomic E-state index is 6.15. The highest BCUT2D eigenvalue weighted by Gasteiger charge is 2.15. The van der Waals surface area contributed by atoms with Gasteiger partial charge in [0, 0.05) is 16.6 Å². The van der Waals surface area contributed by atoms with Crippen molar-refractivity contribution < 1.29 is 0 Å². The maximum Gasteiger partial charge on any atom is 0.225 e. The molecule has 1 N–H and O–H groups in total. The number of rotatable bonds is 3. The topological polar surface area (TPSA) is 37.8 Å². The van der Waals surface area contributed by atoms with E-state index in [0.29, 0.717) is 0 Å². The third-order valence-corrected chi connectivity index (χ3v) is 5.30. The van der Waals surface area contributed by atoms with Crippen molar-refractivity contribution in [1.29, 1.82) is 0 Å². The van der Waals surface area contributed by atoms with Crippen molar-refractivity contribution >= 4 is 44.7 Å². The molecule has 4 aromatic rings. The minimum absolute atomic E-state index is 0.250. The van der Waals surface area contributed by atoms with Gasteiger partial charge in [0.25, 0.3) is 0 Å². The Labute approximate surface area is 155 Å². The lowest BCUT2D eigenvalue weighted by Crippen LogP contribution is -1.97. The fraction of sp³-hybridized carbons (Fsp3) is 0.100. The Hall–Kier alpha value is -2.43. The third kappa shape index (κ3) is 3.11. The van der Waals surface area contributed by atoms with Crippen LogP contribution in [-0.2, 0) is 0 Å². The summed E-state index contributed by atoms with van der Waals surface area (Å²) in [6.45, 7) is 4.20. The minimum atomic E-state index is 0.250. The molecule has 5 heteroatoms. The Morgan fingerprint density at radius 1 is 0.960 bits per heavy atom. The summed E-state index contributed by atoms with van der Waals surface area (Å²) in [4.78, 5) is 9.73. The van der Waals surface area contributed by atoms with Gasteiger partial charge in [-0.3, -0.25) is 0 Å². The van der Waals surface area contributed by atoms with Crippen molar-refractivity contribution in [2.24, 2.45) is 0 Å². The van der Waals surface area contributed by atoms with Crippen molar-refractivity contribution in [3.63, 3.8) is 0 Å². The van der Waals surface area contributed by atoms with Gasteiger partial charge >= 0.3 is 0 Å². The molecular formula is C20H16ClN3S. The zero-order chi connectivity index (χ0) is 17.4. The smallest absolute Gasteiger partial charge is 0.225 e. The first-order chi connectivity index (χ1) is 12.1. The van der Waals surface area contributed by atoms with Crippen LogP contribution in [0.1, 0.15) is 11.1 Å². The van der Waals surface area contributed by atoms with Crippen LogP contribution >= 0.6 is 22.9 Å². The number of aromatic nitrogens is 2. The molecule has 0 amide bonds. The fourth-order valence-corrected chi connectivity index (χ4v) is 3.96. The van der Waals surface area contributed by atoms with Crippen molar-refractivity contribution in [3.8, 4) is 11.1 Å². The molecule has 2 aromatic carbocycles. The predicted molar refractivity (Wildman–Crippen MR) is 107 cm³/mol. The van der Waals surface area contributed by atoms with Crippen molar-refractivity contribution in [2.45, 2.75) is 13.8 Å². The molecule has 0 spiro atoms. The standard InChI is InChI=1S/C20H16ClN3S/c1-12-8-9-15(10-13(12)2)22-18-17-16(14-6-4-3-5-7-14)11-25-19(17)24-20(21)23-18/h3-11H,1-2H3,(H,22,23,24). The number of nitrogens with zero attached hydrogens (tertiary/aromatic N) is 2. The average molecular weight is 366 g/mol. The fourth-order valence-electron chi connectivity index (χ4n) is 2.79. The maximum absolute atomic E-state index is 6.15. The first kappa shape index (κ1) is 16.1. The Bertz CT molecular complexity index is 1060. The molecular weight excluding hydrogens is 350 g/mol. The van der Waals surface area contributed by atoms with Crippen molar-refractivity contribution in [3.05, 3.63) is 70.3 Å². The van der Waals surface area contributed by atoms with Gasteiger partial charge in [-0.25, -0.2) is 4.98 Å². The Morgan fingerprint density at radius 2 is 1.76 bits per heavy atom. The zero-order valence-corrected chi connectivity index (χ0v) is 15.4. The quantitative estimate of drug-likeness (QED) is 0.428. The zero-order valence-electron chi connectivity index (χ0n) is 13.9. The molecule has 0 unspecified atom stereocenters. The molecule has 3 nitrogen and oxygen atoms in total. The third-order valence-electron chi connectivity index (χ3n) is 4.26. The molecule has 0 saturated carbocycles. The molecule has 2 aromatic heterocycles. The summed E-state index contributed by atoms with van der Waals surface area (Å²) in [5, 5.41) is 6.78. The Morgan fingerprint density at radius 3 is 2.52 bits per heavy atom. The average Bonchev–Trinajstić information content (AvgIpc) is 3.03. The molecule has 2 heterocycles. The van der Waals surface area contributed by atoms with E-state index < -0.39 is 0 Å². The number of hydrogen-bond donors (Lipinski definition) is 1. The molecule has 4 rings (SSSR count). The number of halogens is 1. The highest BCUT2D eigenvalue weighted by molar-refractivity contribution is 7.17. The van der Waals surface area contributed by atoms with Crippen molar-refractivity contribution in [1.82, 2.24) is 9.97 Å². The Kier molecular flexibility index (Phi) is 4.15.